The second-order valence-corrected chi connectivity index (χ2v) is 7.26. The Hall–Kier alpha value is -3.26. The summed E-state index contributed by atoms with van der Waals surface area (Å²) >= 11 is 0. The first-order valence-electron chi connectivity index (χ1n) is 9.46. The maximum atomic E-state index is 12.1. The molecule has 0 fully saturated rings. The lowest BCUT2D eigenvalue weighted by Gasteiger charge is -2.13. The van der Waals surface area contributed by atoms with E-state index in [2.05, 4.69) is 20.0 Å². The summed E-state index contributed by atoms with van der Waals surface area (Å²) in [6, 6.07) is 10.8. The van der Waals surface area contributed by atoms with Gasteiger partial charge in [-0.05, 0) is 58.3 Å². The van der Waals surface area contributed by atoms with Crippen molar-refractivity contribution >= 4 is 5.95 Å². The molecule has 0 radical (unpaired) electrons. The van der Waals surface area contributed by atoms with Crippen LogP contribution in [0.4, 0.5) is 5.95 Å². The van der Waals surface area contributed by atoms with Crippen LogP contribution in [0.25, 0.3) is 22.5 Å². The molecule has 2 aromatic heterocycles. The first-order valence-corrected chi connectivity index (χ1v) is 9.46. The van der Waals surface area contributed by atoms with Gasteiger partial charge in [-0.15, -0.1) is 0 Å². The van der Waals surface area contributed by atoms with Gasteiger partial charge in [0.15, 0.2) is 0 Å². The highest BCUT2D eigenvalue weighted by molar-refractivity contribution is 5.79. The highest BCUT2D eigenvalue weighted by Gasteiger charge is 2.14. The Morgan fingerprint density at radius 3 is 2.52 bits per heavy atom. The van der Waals surface area contributed by atoms with Crippen LogP contribution in [0.1, 0.15) is 19.9 Å². The van der Waals surface area contributed by atoms with E-state index in [-0.39, 0.29) is 17.5 Å². The molecule has 1 aromatic carbocycles. The summed E-state index contributed by atoms with van der Waals surface area (Å²) in [6.45, 7) is 5.27. The summed E-state index contributed by atoms with van der Waals surface area (Å²) < 4.78 is 7.19. The predicted octanol–water partition coefficient (Wildman–Crippen LogP) is 2.47. The number of likely N-dealkylation sites (N-methyl/N-ethyl adjacent to an activating group) is 1. The van der Waals surface area contributed by atoms with E-state index < -0.39 is 0 Å². The quantitative estimate of drug-likeness (QED) is 0.657. The van der Waals surface area contributed by atoms with E-state index in [0.717, 1.165) is 17.9 Å². The zero-order valence-electron chi connectivity index (χ0n) is 17.2. The fraction of sp³-hybridized carbons (Fsp3) is 0.333. The molecule has 0 unspecified atom stereocenters. The van der Waals surface area contributed by atoms with Gasteiger partial charge in [0.1, 0.15) is 12.4 Å². The Morgan fingerprint density at radius 1 is 1.14 bits per heavy atom. The van der Waals surface area contributed by atoms with E-state index in [0.29, 0.717) is 23.6 Å². The molecule has 152 valence electrons. The molecule has 0 amide bonds. The highest BCUT2D eigenvalue weighted by Crippen LogP contribution is 2.30. The molecule has 0 atom stereocenters. The van der Waals surface area contributed by atoms with Gasteiger partial charge in [0.05, 0.1) is 17.4 Å². The van der Waals surface area contributed by atoms with Crippen molar-refractivity contribution in [3.63, 3.8) is 0 Å². The number of aromatic nitrogens is 4. The molecule has 3 aromatic rings. The largest absolute Gasteiger partial charge is 0.492 e. The van der Waals surface area contributed by atoms with Crippen LogP contribution in [-0.4, -0.2) is 51.9 Å². The maximum absolute atomic E-state index is 12.1. The number of nitrogens with two attached hydrogens (primary N) is 1. The van der Waals surface area contributed by atoms with Crippen molar-refractivity contribution < 1.29 is 4.74 Å². The molecule has 0 aliphatic carbocycles. The number of hydrogen-bond donors (Lipinski definition) is 1. The lowest BCUT2D eigenvalue weighted by Crippen LogP contribution is -2.24. The minimum atomic E-state index is -0.152. The Balaban J connectivity index is 1.96. The van der Waals surface area contributed by atoms with Gasteiger partial charge in [-0.2, -0.15) is 5.10 Å². The Bertz CT molecular complexity index is 1030. The van der Waals surface area contributed by atoms with E-state index in [9.17, 15) is 4.79 Å². The smallest absolute Gasteiger partial charge is 0.267 e. The molecule has 3 rings (SSSR count). The minimum Gasteiger partial charge on any atom is -0.492 e. The van der Waals surface area contributed by atoms with Gasteiger partial charge in [-0.25, -0.2) is 14.6 Å². The summed E-state index contributed by atoms with van der Waals surface area (Å²) in [5, 5.41) is 4.49. The second-order valence-electron chi connectivity index (χ2n) is 7.26. The van der Waals surface area contributed by atoms with Gasteiger partial charge in [0, 0.05) is 29.9 Å². The average molecular weight is 394 g/mol. The van der Waals surface area contributed by atoms with Crippen LogP contribution in [0.2, 0.25) is 0 Å². The zero-order valence-corrected chi connectivity index (χ0v) is 17.2. The average Bonchev–Trinajstić information content (AvgIpc) is 2.68. The highest BCUT2D eigenvalue weighted by atomic mass is 16.5. The van der Waals surface area contributed by atoms with Crippen LogP contribution in [0.3, 0.4) is 0 Å². The van der Waals surface area contributed by atoms with Crippen LogP contribution < -0.4 is 16.0 Å². The first kappa shape index (κ1) is 20.5. The monoisotopic (exact) mass is 394 g/mol. The van der Waals surface area contributed by atoms with E-state index in [1.54, 1.807) is 12.3 Å². The number of rotatable bonds is 7. The van der Waals surface area contributed by atoms with E-state index in [4.69, 9.17) is 10.5 Å². The van der Waals surface area contributed by atoms with Crippen molar-refractivity contribution in [2.24, 2.45) is 0 Å². The summed E-state index contributed by atoms with van der Waals surface area (Å²) in [5.41, 5.74) is 8.52. The third kappa shape index (κ3) is 4.97. The van der Waals surface area contributed by atoms with Crippen molar-refractivity contribution in [2.45, 2.75) is 19.9 Å². The molecule has 0 bridgehead atoms. The molecule has 8 heteroatoms. The third-order valence-electron chi connectivity index (χ3n) is 4.33. The molecule has 0 aliphatic rings. The van der Waals surface area contributed by atoms with Crippen LogP contribution in [0.5, 0.6) is 5.75 Å². The standard InChI is InChI=1S/C21H26N6O2/c1-14(2)27-19(28)10-9-18(25-27)17-13-23-21(22)24-20(17)15-5-7-16(8-6-15)29-12-11-26(3)4/h5-10,13-14H,11-12H2,1-4H3,(H2,22,23,24). The van der Waals surface area contributed by atoms with Gasteiger partial charge in [0.2, 0.25) is 5.95 Å². The summed E-state index contributed by atoms with van der Waals surface area (Å²) in [7, 11) is 4.01. The van der Waals surface area contributed by atoms with Gasteiger partial charge >= 0.3 is 0 Å². The van der Waals surface area contributed by atoms with Gasteiger partial charge in [-0.3, -0.25) is 4.79 Å². The van der Waals surface area contributed by atoms with Crippen molar-refractivity contribution in [1.82, 2.24) is 24.6 Å². The van der Waals surface area contributed by atoms with Gasteiger partial charge in [0.25, 0.3) is 5.56 Å². The normalized spacial score (nSPS) is 11.2. The number of nitrogens with zero attached hydrogens (tertiary/aromatic N) is 5. The maximum Gasteiger partial charge on any atom is 0.267 e. The SMILES string of the molecule is CC(C)n1nc(-c2cnc(N)nc2-c2ccc(OCCN(C)C)cc2)ccc1=O. The molecular formula is C21H26N6O2. The Kier molecular flexibility index (Phi) is 6.23. The number of ether oxygens (including phenoxy) is 1. The van der Waals surface area contributed by atoms with Crippen LogP contribution in [0, 0.1) is 0 Å². The summed E-state index contributed by atoms with van der Waals surface area (Å²) in [4.78, 5) is 22.7. The first-order chi connectivity index (χ1) is 13.8. The minimum absolute atomic E-state index is 0.0563. The summed E-state index contributed by atoms with van der Waals surface area (Å²) in [6.07, 6.45) is 1.64. The van der Waals surface area contributed by atoms with Gasteiger partial charge in [-0.1, -0.05) is 0 Å². The Morgan fingerprint density at radius 2 is 1.86 bits per heavy atom. The predicted molar refractivity (Wildman–Crippen MR) is 114 cm³/mol. The van der Waals surface area contributed by atoms with E-state index in [1.807, 2.05) is 52.2 Å². The molecule has 0 spiro atoms. The molecule has 29 heavy (non-hydrogen) atoms. The molecule has 0 aliphatic heterocycles. The lowest BCUT2D eigenvalue weighted by atomic mass is 10.0. The van der Waals surface area contributed by atoms with E-state index >= 15 is 0 Å². The van der Waals surface area contributed by atoms with Crippen molar-refractivity contribution in [1.29, 1.82) is 0 Å². The van der Waals surface area contributed by atoms with Gasteiger partial charge < -0.3 is 15.4 Å². The van der Waals surface area contributed by atoms with Crippen LogP contribution in [-0.2, 0) is 0 Å². The summed E-state index contributed by atoms with van der Waals surface area (Å²) in [5.74, 6) is 0.956. The van der Waals surface area contributed by atoms with Crippen LogP contribution in [0.15, 0.2) is 47.4 Å². The van der Waals surface area contributed by atoms with E-state index in [1.165, 1.54) is 10.7 Å². The Labute approximate surface area is 170 Å². The van der Waals surface area contributed by atoms with Crippen molar-refractivity contribution in [2.75, 3.05) is 33.0 Å². The lowest BCUT2D eigenvalue weighted by molar-refractivity contribution is 0.261. The zero-order chi connectivity index (χ0) is 21.0. The molecule has 2 N–H and O–H groups in total. The third-order valence-corrected chi connectivity index (χ3v) is 4.33. The fourth-order valence-corrected chi connectivity index (χ4v) is 2.80. The van der Waals surface area contributed by atoms with Crippen molar-refractivity contribution in [3.05, 3.63) is 52.9 Å². The second kappa shape index (κ2) is 8.83. The number of nitrogen functional groups attached to an aromatic ring is 1. The fourth-order valence-electron chi connectivity index (χ4n) is 2.80. The topological polar surface area (TPSA) is 99.2 Å². The number of anilines is 1. The molecule has 0 saturated carbocycles. The van der Waals surface area contributed by atoms with Crippen molar-refractivity contribution in [3.8, 4) is 28.3 Å². The molecule has 2 heterocycles. The molecule has 8 nitrogen and oxygen atoms in total. The van der Waals surface area contributed by atoms with Crippen LogP contribution >= 0.6 is 0 Å². The molecule has 0 saturated heterocycles. The molecular weight excluding hydrogens is 368 g/mol. The number of benzene rings is 1. The number of hydrogen-bond acceptors (Lipinski definition) is 7.